The average Bonchev–Trinajstić information content (AvgIpc) is 2.59. The van der Waals surface area contributed by atoms with E-state index in [0.717, 1.165) is 12.0 Å². The lowest BCUT2D eigenvalue weighted by atomic mass is 10.2. The standard InChI is InChI=1S/C17H22N4O3/c1-12-5-6-15(24-3)14(11-12)20-16(22)13-7-9-19-17(21-13)18-8-4-10-23-2/h5-7,9,11H,4,8,10H2,1-3H3,(H,20,22)(H,18,19,21). The molecule has 1 aromatic heterocycles. The van der Waals surface area contributed by atoms with Crippen LogP contribution in [-0.2, 0) is 4.74 Å². The molecule has 24 heavy (non-hydrogen) atoms. The maximum atomic E-state index is 12.4. The van der Waals surface area contributed by atoms with Crippen LogP contribution in [0.4, 0.5) is 11.6 Å². The molecule has 0 radical (unpaired) electrons. The second-order valence-corrected chi connectivity index (χ2v) is 5.20. The smallest absolute Gasteiger partial charge is 0.274 e. The Labute approximate surface area is 141 Å². The van der Waals surface area contributed by atoms with E-state index in [9.17, 15) is 4.79 Å². The molecule has 2 N–H and O–H groups in total. The third-order valence-corrected chi connectivity index (χ3v) is 3.30. The normalized spacial score (nSPS) is 10.3. The maximum absolute atomic E-state index is 12.4. The van der Waals surface area contributed by atoms with Crippen molar-refractivity contribution in [2.75, 3.05) is 38.0 Å². The first-order chi connectivity index (χ1) is 11.6. The van der Waals surface area contributed by atoms with Gasteiger partial charge < -0.3 is 20.1 Å². The minimum Gasteiger partial charge on any atom is -0.495 e. The molecular formula is C17H22N4O3. The van der Waals surface area contributed by atoms with Crippen LogP contribution in [0.1, 0.15) is 22.5 Å². The molecule has 0 aliphatic heterocycles. The summed E-state index contributed by atoms with van der Waals surface area (Å²) < 4.78 is 10.2. The Kier molecular flexibility index (Phi) is 6.51. The molecule has 7 heteroatoms. The minimum atomic E-state index is -0.318. The highest BCUT2D eigenvalue weighted by molar-refractivity contribution is 6.03. The van der Waals surface area contributed by atoms with Crippen LogP contribution < -0.4 is 15.4 Å². The maximum Gasteiger partial charge on any atom is 0.274 e. The average molecular weight is 330 g/mol. The summed E-state index contributed by atoms with van der Waals surface area (Å²) in [5.41, 5.74) is 1.91. The number of nitrogens with one attached hydrogen (secondary N) is 2. The molecule has 0 bridgehead atoms. The molecule has 2 rings (SSSR count). The number of anilines is 2. The number of amides is 1. The van der Waals surface area contributed by atoms with Crippen molar-refractivity contribution in [1.29, 1.82) is 0 Å². The highest BCUT2D eigenvalue weighted by Crippen LogP contribution is 2.25. The third kappa shape index (κ3) is 4.92. The quantitative estimate of drug-likeness (QED) is 0.723. The van der Waals surface area contributed by atoms with Crippen LogP contribution in [0.25, 0.3) is 0 Å². The predicted molar refractivity (Wildman–Crippen MR) is 92.7 cm³/mol. The lowest BCUT2D eigenvalue weighted by molar-refractivity contribution is 0.102. The van der Waals surface area contributed by atoms with Gasteiger partial charge in [-0.2, -0.15) is 0 Å². The van der Waals surface area contributed by atoms with Crippen LogP contribution in [0.5, 0.6) is 5.75 Å². The number of hydrogen-bond donors (Lipinski definition) is 2. The van der Waals surface area contributed by atoms with E-state index >= 15 is 0 Å². The highest BCUT2D eigenvalue weighted by atomic mass is 16.5. The fraction of sp³-hybridized carbons (Fsp3) is 0.353. The lowest BCUT2D eigenvalue weighted by Crippen LogP contribution is -2.16. The highest BCUT2D eigenvalue weighted by Gasteiger charge is 2.12. The van der Waals surface area contributed by atoms with Crippen molar-refractivity contribution in [3.8, 4) is 5.75 Å². The van der Waals surface area contributed by atoms with Gasteiger partial charge in [0.25, 0.3) is 5.91 Å². The zero-order valence-corrected chi connectivity index (χ0v) is 14.1. The van der Waals surface area contributed by atoms with E-state index in [1.165, 1.54) is 0 Å². The molecule has 1 heterocycles. The Bertz CT molecular complexity index is 691. The fourth-order valence-electron chi connectivity index (χ4n) is 2.09. The van der Waals surface area contributed by atoms with Gasteiger partial charge in [0.1, 0.15) is 11.4 Å². The summed E-state index contributed by atoms with van der Waals surface area (Å²) in [6.45, 7) is 3.27. The summed E-state index contributed by atoms with van der Waals surface area (Å²) in [7, 11) is 3.22. The van der Waals surface area contributed by atoms with E-state index in [0.29, 0.717) is 30.5 Å². The number of aryl methyl sites for hydroxylation is 1. The zero-order valence-electron chi connectivity index (χ0n) is 14.1. The van der Waals surface area contributed by atoms with E-state index in [1.807, 2.05) is 25.1 Å². The monoisotopic (exact) mass is 330 g/mol. The summed E-state index contributed by atoms with van der Waals surface area (Å²) in [5.74, 6) is 0.692. The van der Waals surface area contributed by atoms with Crippen molar-refractivity contribution in [1.82, 2.24) is 9.97 Å². The van der Waals surface area contributed by atoms with Gasteiger partial charge in [-0.1, -0.05) is 6.07 Å². The van der Waals surface area contributed by atoms with E-state index in [1.54, 1.807) is 26.5 Å². The summed E-state index contributed by atoms with van der Waals surface area (Å²) in [5, 5.41) is 5.88. The van der Waals surface area contributed by atoms with Crippen molar-refractivity contribution < 1.29 is 14.3 Å². The van der Waals surface area contributed by atoms with Crippen LogP contribution in [0.3, 0.4) is 0 Å². The van der Waals surface area contributed by atoms with Crippen LogP contribution in [-0.4, -0.2) is 43.2 Å². The number of carbonyl (C=O) groups excluding carboxylic acids is 1. The predicted octanol–water partition coefficient (Wildman–Crippen LogP) is 2.49. The molecule has 1 amide bonds. The number of rotatable bonds is 8. The molecule has 128 valence electrons. The Morgan fingerprint density at radius 1 is 1.25 bits per heavy atom. The van der Waals surface area contributed by atoms with E-state index < -0.39 is 0 Å². The molecule has 0 saturated heterocycles. The lowest BCUT2D eigenvalue weighted by Gasteiger charge is -2.11. The van der Waals surface area contributed by atoms with Crippen LogP contribution in [0.2, 0.25) is 0 Å². The van der Waals surface area contributed by atoms with Crippen molar-refractivity contribution in [3.63, 3.8) is 0 Å². The number of carbonyl (C=O) groups is 1. The second kappa shape index (κ2) is 8.83. The van der Waals surface area contributed by atoms with Gasteiger partial charge in [-0.05, 0) is 37.1 Å². The van der Waals surface area contributed by atoms with Crippen LogP contribution in [0.15, 0.2) is 30.5 Å². The Morgan fingerprint density at radius 3 is 2.83 bits per heavy atom. The Hall–Kier alpha value is -2.67. The molecule has 0 spiro atoms. The topological polar surface area (TPSA) is 85.4 Å². The number of hydrogen-bond acceptors (Lipinski definition) is 6. The SMILES string of the molecule is COCCCNc1nccc(C(=O)Nc2cc(C)ccc2OC)n1. The van der Waals surface area contributed by atoms with Crippen LogP contribution in [0, 0.1) is 6.92 Å². The van der Waals surface area contributed by atoms with Crippen LogP contribution >= 0.6 is 0 Å². The molecule has 1 aromatic carbocycles. The molecular weight excluding hydrogens is 308 g/mol. The largest absolute Gasteiger partial charge is 0.495 e. The summed E-state index contributed by atoms with van der Waals surface area (Å²) in [6.07, 6.45) is 2.38. The minimum absolute atomic E-state index is 0.280. The van der Waals surface area contributed by atoms with Crippen molar-refractivity contribution in [2.24, 2.45) is 0 Å². The molecule has 2 aromatic rings. The number of methoxy groups -OCH3 is 2. The zero-order chi connectivity index (χ0) is 17.4. The first kappa shape index (κ1) is 17.7. The van der Waals surface area contributed by atoms with Gasteiger partial charge in [0.2, 0.25) is 5.95 Å². The van der Waals surface area contributed by atoms with Crippen molar-refractivity contribution in [2.45, 2.75) is 13.3 Å². The van der Waals surface area contributed by atoms with E-state index in [-0.39, 0.29) is 11.6 Å². The number of nitrogens with zero attached hydrogens (tertiary/aromatic N) is 2. The van der Waals surface area contributed by atoms with E-state index in [4.69, 9.17) is 9.47 Å². The van der Waals surface area contributed by atoms with Crippen molar-refractivity contribution >= 4 is 17.5 Å². The third-order valence-electron chi connectivity index (χ3n) is 3.30. The fourth-order valence-corrected chi connectivity index (χ4v) is 2.09. The summed E-state index contributed by atoms with van der Waals surface area (Å²) in [6, 6.07) is 7.15. The van der Waals surface area contributed by atoms with Gasteiger partial charge in [0, 0.05) is 26.5 Å². The molecule has 0 atom stereocenters. The number of aromatic nitrogens is 2. The van der Waals surface area contributed by atoms with Crippen molar-refractivity contribution in [3.05, 3.63) is 41.7 Å². The van der Waals surface area contributed by atoms with Gasteiger partial charge in [-0.3, -0.25) is 4.79 Å². The van der Waals surface area contributed by atoms with Gasteiger partial charge in [0.05, 0.1) is 12.8 Å². The summed E-state index contributed by atoms with van der Waals surface area (Å²) in [4.78, 5) is 20.8. The molecule has 0 aliphatic rings. The van der Waals surface area contributed by atoms with E-state index in [2.05, 4.69) is 20.6 Å². The molecule has 0 fully saturated rings. The Morgan fingerprint density at radius 2 is 2.08 bits per heavy atom. The summed E-state index contributed by atoms with van der Waals surface area (Å²) >= 11 is 0. The van der Waals surface area contributed by atoms with Gasteiger partial charge >= 0.3 is 0 Å². The first-order valence-corrected chi connectivity index (χ1v) is 7.66. The van der Waals surface area contributed by atoms with Gasteiger partial charge in [0.15, 0.2) is 0 Å². The number of ether oxygens (including phenoxy) is 2. The van der Waals surface area contributed by atoms with Gasteiger partial charge in [-0.15, -0.1) is 0 Å². The molecule has 0 saturated carbocycles. The first-order valence-electron chi connectivity index (χ1n) is 7.66. The molecule has 0 unspecified atom stereocenters. The Balaban J connectivity index is 2.06. The second-order valence-electron chi connectivity index (χ2n) is 5.20. The number of benzene rings is 1. The molecule has 0 aliphatic carbocycles. The molecule has 7 nitrogen and oxygen atoms in total. The van der Waals surface area contributed by atoms with Gasteiger partial charge in [-0.25, -0.2) is 9.97 Å².